The van der Waals surface area contributed by atoms with Gasteiger partial charge in [0.1, 0.15) is 0 Å². The zero-order valence-electron chi connectivity index (χ0n) is 11.0. The minimum absolute atomic E-state index is 0.0477. The van der Waals surface area contributed by atoms with Crippen molar-refractivity contribution < 1.29 is 8.42 Å². The number of fused-ring (bicyclic) bond motifs is 1. The van der Waals surface area contributed by atoms with Crippen LogP contribution in [0.25, 0.3) is 0 Å². The monoisotopic (exact) mass is 378 g/mol. The van der Waals surface area contributed by atoms with Crippen LogP contribution in [-0.4, -0.2) is 37.9 Å². The van der Waals surface area contributed by atoms with Crippen molar-refractivity contribution in [3.8, 4) is 0 Å². The predicted molar refractivity (Wildman–Crippen MR) is 82.4 cm³/mol. The molecule has 1 aromatic rings. The minimum Gasteiger partial charge on any atom is -0.315 e. The Morgan fingerprint density at radius 2 is 2.15 bits per heavy atom. The van der Waals surface area contributed by atoms with Crippen LogP contribution in [0.4, 0.5) is 0 Å². The van der Waals surface area contributed by atoms with Crippen LogP contribution in [0.5, 0.6) is 0 Å². The SMILES string of the molecule is CC1CC2CNCC2N1S(=O)(=O)c1ccc(Cl)c(Br)c1. The van der Waals surface area contributed by atoms with Gasteiger partial charge in [0.05, 0.1) is 9.92 Å². The van der Waals surface area contributed by atoms with Gasteiger partial charge < -0.3 is 5.32 Å². The van der Waals surface area contributed by atoms with Gasteiger partial charge in [0.25, 0.3) is 0 Å². The Balaban J connectivity index is 2.00. The van der Waals surface area contributed by atoms with Crippen LogP contribution in [0.3, 0.4) is 0 Å². The number of sulfonamides is 1. The van der Waals surface area contributed by atoms with Crippen molar-refractivity contribution in [1.29, 1.82) is 0 Å². The fourth-order valence-corrected chi connectivity index (χ4v) is 5.86. The zero-order valence-corrected chi connectivity index (χ0v) is 14.2. The van der Waals surface area contributed by atoms with Gasteiger partial charge in [0, 0.05) is 23.1 Å². The Labute approximate surface area is 132 Å². The molecule has 3 atom stereocenters. The molecule has 0 amide bonds. The maximum atomic E-state index is 12.9. The molecule has 20 heavy (non-hydrogen) atoms. The van der Waals surface area contributed by atoms with E-state index in [4.69, 9.17) is 11.6 Å². The van der Waals surface area contributed by atoms with Crippen molar-refractivity contribution in [3.63, 3.8) is 0 Å². The minimum atomic E-state index is -3.48. The molecule has 0 aromatic heterocycles. The summed E-state index contributed by atoms with van der Waals surface area (Å²) in [4.78, 5) is 0.299. The molecule has 0 spiro atoms. The molecule has 1 N–H and O–H groups in total. The summed E-state index contributed by atoms with van der Waals surface area (Å²) >= 11 is 9.23. The number of hydrogen-bond donors (Lipinski definition) is 1. The smallest absolute Gasteiger partial charge is 0.243 e. The number of hydrogen-bond acceptors (Lipinski definition) is 3. The van der Waals surface area contributed by atoms with Crippen LogP contribution in [-0.2, 0) is 10.0 Å². The third-order valence-electron chi connectivity index (χ3n) is 4.18. The van der Waals surface area contributed by atoms with Crippen molar-refractivity contribution >= 4 is 37.6 Å². The van der Waals surface area contributed by atoms with Crippen LogP contribution in [0.2, 0.25) is 5.02 Å². The summed E-state index contributed by atoms with van der Waals surface area (Å²) in [5, 5.41) is 3.80. The largest absolute Gasteiger partial charge is 0.315 e. The van der Waals surface area contributed by atoms with E-state index in [2.05, 4.69) is 21.2 Å². The number of nitrogens with zero attached hydrogens (tertiary/aromatic N) is 1. The second-order valence-electron chi connectivity index (χ2n) is 5.48. The van der Waals surface area contributed by atoms with E-state index in [0.29, 0.717) is 20.3 Å². The second-order valence-corrected chi connectivity index (χ2v) is 8.59. The maximum Gasteiger partial charge on any atom is 0.243 e. The van der Waals surface area contributed by atoms with E-state index >= 15 is 0 Å². The third kappa shape index (κ3) is 2.31. The molecule has 4 nitrogen and oxygen atoms in total. The lowest BCUT2D eigenvalue weighted by molar-refractivity contribution is 0.335. The Morgan fingerprint density at radius 1 is 1.40 bits per heavy atom. The summed E-state index contributed by atoms with van der Waals surface area (Å²) in [6.07, 6.45) is 0.922. The summed E-state index contributed by atoms with van der Waals surface area (Å²) in [5.41, 5.74) is 0. The highest BCUT2D eigenvalue weighted by molar-refractivity contribution is 9.10. The molecule has 2 heterocycles. The molecular formula is C13H16BrClN2O2S. The molecule has 0 bridgehead atoms. The van der Waals surface area contributed by atoms with Crippen LogP contribution in [0, 0.1) is 5.92 Å². The highest BCUT2D eigenvalue weighted by Crippen LogP contribution is 2.37. The topological polar surface area (TPSA) is 49.4 Å². The van der Waals surface area contributed by atoms with E-state index in [1.165, 1.54) is 0 Å². The van der Waals surface area contributed by atoms with Gasteiger partial charge in [-0.25, -0.2) is 8.42 Å². The van der Waals surface area contributed by atoms with Gasteiger partial charge in [-0.05, 0) is 59.9 Å². The molecule has 2 fully saturated rings. The molecule has 0 saturated carbocycles. The third-order valence-corrected chi connectivity index (χ3v) is 7.43. The average molecular weight is 380 g/mol. The van der Waals surface area contributed by atoms with E-state index in [1.54, 1.807) is 22.5 Å². The number of nitrogens with one attached hydrogen (secondary N) is 1. The first-order valence-electron chi connectivity index (χ1n) is 6.60. The average Bonchev–Trinajstić information content (AvgIpc) is 2.91. The van der Waals surface area contributed by atoms with E-state index in [1.807, 2.05) is 6.92 Å². The quantitative estimate of drug-likeness (QED) is 0.859. The molecule has 110 valence electrons. The molecule has 0 aliphatic carbocycles. The van der Waals surface area contributed by atoms with E-state index in [9.17, 15) is 8.42 Å². The molecule has 3 rings (SSSR count). The van der Waals surface area contributed by atoms with Crippen LogP contribution in [0.1, 0.15) is 13.3 Å². The Kier molecular flexibility index (Phi) is 3.88. The van der Waals surface area contributed by atoms with Gasteiger partial charge in [0.2, 0.25) is 10.0 Å². The highest BCUT2D eigenvalue weighted by atomic mass is 79.9. The normalized spacial score (nSPS) is 30.6. The van der Waals surface area contributed by atoms with Crippen LogP contribution >= 0.6 is 27.5 Å². The summed E-state index contributed by atoms with van der Waals surface area (Å²) in [6, 6.07) is 4.89. The molecule has 3 unspecified atom stereocenters. The van der Waals surface area contributed by atoms with E-state index in [0.717, 1.165) is 19.5 Å². The van der Waals surface area contributed by atoms with Gasteiger partial charge in [-0.2, -0.15) is 4.31 Å². The summed E-state index contributed by atoms with van der Waals surface area (Å²) in [6.45, 7) is 3.63. The van der Waals surface area contributed by atoms with Gasteiger partial charge in [-0.1, -0.05) is 11.6 Å². The van der Waals surface area contributed by atoms with Gasteiger partial charge in [0.15, 0.2) is 0 Å². The Morgan fingerprint density at radius 3 is 2.85 bits per heavy atom. The zero-order chi connectivity index (χ0) is 14.5. The highest BCUT2D eigenvalue weighted by Gasteiger charge is 2.47. The number of halogens is 2. The fraction of sp³-hybridized carbons (Fsp3) is 0.538. The number of benzene rings is 1. The molecule has 2 aliphatic rings. The van der Waals surface area contributed by atoms with Crippen molar-refractivity contribution in [2.75, 3.05) is 13.1 Å². The first-order chi connectivity index (χ1) is 9.41. The van der Waals surface area contributed by atoms with Gasteiger partial charge in [-0.15, -0.1) is 0 Å². The van der Waals surface area contributed by atoms with E-state index < -0.39 is 10.0 Å². The fourth-order valence-electron chi connectivity index (χ4n) is 3.30. The van der Waals surface area contributed by atoms with Crippen molar-refractivity contribution in [2.45, 2.75) is 30.3 Å². The van der Waals surface area contributed by atoms with Crippen molar-refractivity contribution in [2.24, 2.45) is 5.92 Å². The molecule has 1 aromatic carbocycles. The summed E-state index contributed by atoms with van der Waals surface area (Å²) < 4.78 is 28.0. The molecule has 0 radical (unpaired) electrons. The lowest BCUT2D eigenvalue weighted by Crippen LogP contribution is -2.42. The molecule has 2 saturated heterocycles. The first kappa shape index (κ1) is 14.8. The molecular weight excluding hydrogens is 364 g/mol. The van der Waals surface area contributed by atoms with E-state index in [-0.39, 0.29) is 12.1 Å². The number of rotatable bonds is 2. The van der Waals surface area contributed by atoms with Gasteiger partial charge in [-0.3, -0.25) is 0 Å². The standard InChI is InChI=1S/C13H16BrClN2O2S/c1-8-4-9-6-16-7-13(9)17(8)20(18,19)10-2-3-12(15)11(14)5-10/h2-3,5,8-9,13,16H,4,6-7H2,1H3. The summed E-state index contributed by atoms with van der Waals surface area (Å²) in [7, 11) is -3.48. The van der Waals surface area contributed by atoms with Gasteiger partial charge >= 0.3 is 0 Å². The second kappa shape index (κ2) is 5.25. The molecule has 7 heteroatoms. The Bertz CT molecular complexity index is 637. The lowest BCUT2D eigenvalue weighted by atomic mass is 10.0. The van der Waals surface area contributed by atoms with Crippen molar-refractivity contribution in [3.05, 3.63) is 27.7 Å². The Hall–Kier alpha value is -0.140. The predicted octanol–water partition coefficient (Wildman–Crippen LogP) is 2.47. The summed E-state index contributed by atoms with van der Waals surface area (Å²) in [5.74, 6) is 0.426. The maximum absolute atomic E-state index is 12.9. The van der Waals surface area contributed by atoms with Crippen molar-refractivity contribution in [1.82, 2.24) is 9.62 Å². The first-order valence-corrected chi connectivity index (χ1v) is 9.21. The van der Waals surface area contributed by atoms with Crippen LogP contribution in [0.15, 0.2) is 27.6 Å². The lowest BCUT2D eigenvalue weighted by Gasteiger charge is -2.26. The van der Waals surface area contributed by atoms with Crippen LogP contribution < -0.4 is 5.32 Å². The molecule has 2 aliphatic heterocycles.